The lowest BCUT2D eigenvalue weighted by Crippen LogP contribution is -2.11. The third-order valence-electron chi connectivity index (χ3n) is 1.62. The topological polar surface area (TPSA) is 73.1 Å². The number of anilines is 1. The molecule has 0 fully saturated rings. The highest BCUT2D eigenvalue weighted by Crippen LogP contribution is 2.19. The first-order valence-electron chi connectivity index (χ1n) is 4.76. The van der Waals surface area contributed by atoms with Crippen molar-refractivity contribution < 1.29 is 4.74 Å². The first kappa shape index (κ1) is 12.2. The number of ether oxygens (including phenoxy) is 1. The Labute approximate surface area is 93.8 Å². The monoisotopic (exact) mass is 228 g/mol. The molecule has 1 aromatic rings. The minimum atomic E-state index is 0.398. The Bertz CT molecular complexity index is 308. The SMILES string of the molecule is CCCSc1cc(NN)nc(COC)n1. The van der Waals surface area contributed by atoms with Crippen molar-refractivity contribution in [2.24, 2.45) is 5.84 Å². The van der Waals surface area contributed by atoms with Gasteiger partial charge < -0.3 is 10.2 Å². The maximum Gasteiger partial charge on any atom is 0.157 e. The fourth-order valence-corrected chi connectivity index (χ4v) is 1.80. The molecule has 6 heteroatoms. The predicted molar refractivity (Wildman–Crippen MR) is 61.6 cm³/mol. The Hall–Kier alpha value is -0.850. The molecule has 15 heavy (non-hydrogen) atoms. The first-order chi connectivity index (χ1) is 7.30. The number of hydrogen-bond donors (Lipinski definition) is 2. The lowest BCUT2D eigenvalue weighted by Gasteiger charge is -2.06. The lowest BCUT2D eigenvalue weighted by atomic mass is 10.5. The van der Waals surface area contributed by atoms with Crippen molar-refractivity contribution >= 4 is 17.6 Å². The van der Waals surface area contributed by atoms with Crippen LogP contribution in [0.1, 0.15) is 19.2 Å². The van der Waals surface area contributed by atoms with E-state index in [1.54, 1.807) is 18.9 Å². The molecule has 0 aliphatic carbocycles. The molecule has 1 aromatic heterocycles. The van der Waals surface area contributed by atoms with Crippen molar-refractivity contribution in [1.82, 2.24) is 9.97 Å². The van der Waals surface area contributed by atoms with Crippen LogP contribution < -0.4 is 11.3 Å². The molecule has 0 atom stereocenters. The Balaban J connectivity index is 2.79. The number of nitrogens with one attached hydrogen (secondary N) is 1. The van der Waals surface area contributed by atoms with Gasteiger partial charge in [0, 0.05) is 13.2 Å². The van der Waals surface area contributed by atoms with Crippen LogP contribution in [0.2, 0.25) is 0 Å². The van der Waals surface area contributed by atoms with Gasteiger partial charge in [0.15, 0.2) is 5.82 Å². The normalized spacial score (nSPS) is 10.3. The highest BCUT2D eigenvalue weighted by molar-refractivity contribution is 7.99. The van der Waals surface area contributed by atoms with Gasteiger partial charge in [0.05, 0.1) is 0 Å². The average molecular weight is 228 g/mol. The minimum absolute atomic E-state index is 0.398. The molecule has 3 N–H and O–H groups in total. The fourth-order valence-electron chi connectivity index (χ4n) is 1.02. The van der Waals surface area contributed by atoms with Crippen LogP contribution in [0.15, 0.2) is 11.1 Å². The van der Waals surface area contributed by atoms with E-state index >= 15 is 0 Å². The van der Waals surface area contributed by atoms with Crippen LogP contribution in [0.3, 0.4) is 0 Å². The van der Waals surface area contributed by atoms with Gasteiger partial charge in [-0.3, -0.25) is 0 Å². The van der Waals surface area contributed by atoms with Gasteiger partial charge in [-0.25, -0.2) is 15.8 Å². The number of methoxy groups -OCH3 is 1. The molecule has 84 valence electrons. The standard InChI is InChI=1S/C9H16N4OS/c1-3-4-15-9-5-7(13-10)11-8(12-9)6-14-2/h5H,3-4,6,10H2,1-2H3,(H,11,12,13). The molecule has 0 aliphatic rings. The number of hydrogen-bond acceptors (Lipinski definition) is 6. The van der Waals surface area contributed by atoms with Gasteiger partial charge in [-0.05, 0) is 12.2 Å². The molecular formula is C9H16N4OS. The van der Waals surface area contributed by atoms with Crippen LogP contribution in [0.25, 0.3) is 0 Å². The number of thioether (sulfide) groups is 1. The lowest BCUT2D eigenvalue weighted by molar-refractivity contribution is 0.177. The van der Waals surface area contributed by atoms with E-state index in [-0.39, 0.29) is 0 Å². The summed E-state index contributed by atoms with van der Waals surface area (Å²) in [5, 5.41) is 0.923. The van der Waals surface area contributed by atoms with Crippen LogP contribution in [0, 0.1) is 0 Å². The summed E-state index contributed by atoms with van der Waals surface area (Å²) in [6.07, 6.45) is 1.11. The van der Waals surface area contributed by atoms with Crippen LogP contribution in [-0.2, 0) is 11.3 Å². The number of nitrogen functional groups attached to an aromatic ring is 1. The zero-order chi connectivity index (χ0) is 11.1. The summed E-state index contributed by atoms with van der Waals surface area (Å²) < 4.78 is 4.98. The smallest absolute Gasteiger partial charge is 0.157 e. The zero-order valence-electron chi connectivity index (χ0n) is 8.99. The molecular weight excluding hydrogens is 212 g/mol. The summed E-state index contributed by atoms with van der Waals surface area (Å²) >= 11 is 1.69. The molecule has 0 bridgehead atoms. The van der Waals surface area contributed by atoms with Crippen molar-refractivity contribution in [3.8, 4) is 0 Å². The van der Waals surface area contributed by atoms with E-state index in [4.69, 9.17) is 10.6 Å². The second kappa shape index (κ2) is 6.60. The van der Waals surface area contributed by atoms with Gasteiger partial charge in [0.25, 0.3) is 0 Å². The van der Waals surface area contributed by atoms with Crippen LogP contribution in [0.4, 0.5) is 5.82 Å². The van der Waals surface area contributed by atoms with E-state index in [2.05, 4.69) is 22.3 Å². The van der Waals surface area contributed by atoms with Gasteiger partial charge in [0.1, 0.15) is 17.5 Å². The largest absolute Gasteiger partial charge is 0.377 e. The highest BCUT2D eigenvalue weighted by atomic mass is 32.2. The second-order valence-corrected chi connectivity index (χ2v) is 4.05. The average Bonchev–Trinajstić information content (AvgIpc) is 2.26. The Kier molecular flexibility index (Phi) is 5.38. The van der Waals surface area contributed by atoms with Gasteiger partial charge in [-0.1, -0.05) is 6.92 Å². The van der Waals surface area contributed by atoms with Crippen molar-refractivity contribution in [1.29, 1.82) is 0 Å². The summed E-state index contributed by atoms with van der Waals surface area (Å²) in [4.78, 5) is 8.50. The van der Waals surface area contributed by atoms with Crippen molar-refractivity contribution in [2.45, 2.75) is 25.0 Å². The van der Waals surface area contributed by atoms with Crippen molar-refractivity contribution in [2.75, 3.05) is 18.3 Å². The molecule has 0 saturated heterocycles. The zero-order valence-corrected chi connectivity index (χ0v) is 9.80. The van der Waals surface area contributed by atoms with E-state index in [9.17, 15) is 0 Å². The molecule has 0 saturated carbocycles. The Morgan fingerprint density at radius 1 is 1.53 bits per heavy atom. The molecule has 1 rings (SSSR count). The molecule has 0 radical (unpaired) electrons. The van der Waals surface area contributed by atoms with Gasteiger partial charge in [-0.15, -0.1) is 11.8 Å². The summed E-state index contributed by atoms with van der Waals surface area (Å²) in [5.41, 5.74) is 2.52. The van der Waals surface area contributed by atoms with Crippen LogP contribution >= 0.6 is 11.8 Å². The number of rotatable bonds is 6. The quantitative estimate of drug-likeness (QED) is 0.332. The first-order valence-corrected chi connectivity index (χ1v) is 5.75. The number of nitrogens with zero attached hydrogens (tertiary/aromatic N) is 2. The minimum Gasteiger partial charge on any atom is -0.377 e. The molecule has 0 amide bonds. The van der Waals surface area contributed by atoms with Crippen LogP contribution in [-0.4, -0.2) is 22.8 Å². The molecule has 0 aromatic carbocycles. The van der Waals surface area contributed by atoms with Gasteiger partial charge in [-0.2, -0.15) is 0 Å². The summed E-state index contributed by atoms with van der Waals surface area (Å²) in [5.74, 6) is 7.62. The predicted octanol–water partition coefficient (Wildman–Crippen LogP) is 1.41. The van der Waals surface area contributed by atoms with E-state index in [0.717, 1.165) is 17.2 Å². The molecule has 0 aliphatic heterocycles. The number of nitrogens with two attached hydrogens (primary N) is 1. The van der Waals surface area contributed by atoms with Gasteiger partial charge >= 0.3 is 0 Å². The van der Waals surface area contributed by atoms with Crippen molar-refractivity contribution in [3.05, 3.63) is 11.9 Å². The molecule has 0 spiro atoms. The van der Waals surface area contributed by atoms with E-state index in [1.165, 1.54) is 0 Å². The van der Waals surface area contributed by atoms with Crippen LogP contribution in [0.5, 0.6) is 0 Å². The van der Waals surface area contributed by atoms with Gasteiger partial charge in [0.2, 0.25) is 0 Å². The molecule has 0 unspecified atom stereocenters. The maximum absolute atomic E-state index is 5.32. The highest BCUT2D eigenvalue weighted by Gasteiger charge is 2.03. The van der Waals surface area contributed by atoms with E-state index < -0.39 is 0 Å². The summed E-state index contributed by atoms with van der Waals surface area (Å²) in [6, 6.07) is 1.83. The molecule has 5 nitrogen and oxygen atoms in total. The summed E-state index contributed by atoms with van der Waals surface area (Å²) in [7, 11) is 1.62. The Morgan fingerprint density at radius 2 is 2.33 bits per heavy atom. The number of aromatic nitrogens is 2. The second-order valence-electron chi connectivity index (χ2n) is 2.93. The maximum atomic E-state index is 5.32. The third-order valence-corrected chi connectivity index (χ3v) is 2.74. The fraction of sp³-hybridized carbons (Fsp3) is 0.556. The summed E-state index contributed by atoms with van der Waals surface area (Å²) in [6.45, 7) is 2.53. The van der Waals surface area contributed by atoms with E-state index in [1.807, 2.05) is 6.07 Å². The Morgan fingerprint density at radius 3 is 2.93 bits per heavy atom. The molecule has 1 heterocycles. The third kappa shape index (κ3) is 4.03. The van der Waals surface area contributed by atoms with E-state index in [0.29, 0.717) is 18.2 Å². The van der Waals surface area contributed by atoms with Crippen molar-refractivity contribution in [3.63, 3.8) is 0 Å². The number of hydrazine groups is 1.